The lowest BCUT2D eigenvalue weighted by molar-refractivity contribution is -0.128. The van der Waals surface area contributed by atoms with Crippen LogP contribution >= 0.6 is 0 Å². The van der Waals surface area contributed by atoms with Gasteiger partial charge < -0.3 is 9.84 Å². The predicted molar refractivity (Wildman–Crippen MR) is 69.4 cm³/mol. The van der Waals surface area contributed by atoms with Gasteiger partial charge in [-0.25, -0.2) is 4.79 Å². The summed E-state index contributed by atoms with van der Waals surface area (Å²) >= 11 is 0. The first-order chi connectivity index (χ1) is 8.72. The highest BCUT2D eigenvalue weighted by atomic mass is 16.5. The van der Waals surface area contributed by atoms with Crippen LogP contribution in [0, 0.1) is 0 Å². The second-order valence-corrected chi connectivity index (χ2v) is 3.64. The molecule has 18 heavy (non-hydrogen) atoms. The average molecular weight is 240 g/mol. The lowest BCUT2D eigenvalue weighted by atomic mass is 10.0. The van der Waals surface area contributed by atoms with E-state index in [0.29, 0.717) is 16.9 Å². The van der Waals surface area contributed by atoms with Gasteiger partial charge in [-0.1, -0.05) is 43.0 Å². The molecule has 3 nitrogen and oxygen atoms in total. The summed E-state index contributed by atoms with van der Waals surface area (Å²) in [6.45, 7) is 3.35. The number of carbonyl (C=O) groups is 1. The number of rotatable bonds is 3. The van der Waals surface area contributed by atoms with Gasteiger partial charge in [-0.05, 0) is 12.1 Å². The molecule has 2 aromatic carbocycles. The molecule has 0 amide bonds. The molecule has 0 aromatic heterocycles. The topological polar surface area (TPSA) is 46.5 Å². The molecule has 0 saturated heterocycles. The van der Waals surface area contributed by atoms with Gasteiger partial charge in [0, 0.05) is 17.2 Å². The van der Waals surface area contributed by atoms with Crippen LogP contribution in [0.2, 0.25) is 0 Å². The Morgan fingerprint density at radius 3 is 2.33 bits per heavy atom. The summed E-state index contributed by atoms with van der Waals surface area (Å²) in [7, 11) is 0. The Labute approximate surface area is 105 Å². The lowest BCUT2D eigenvalue weighted by Gasteiger charge is -2.10. The maximum absolute atomic E-state index is 11.2. The Bertz CT molecular complexity index is 588. The monoisotopic (exact) mass is 240 g/mol. The molecule has 0 aliphatic heterocycles. The maximum atomic E-state index is 11.2. The molecular formula is C15H12O3. The van der Waals surface area contributed by atoms with E-state index in [4.69, 9.17) is 4.74 Å². The number of aromatic hydroxyl groups is 1. The van der Waals surface area contributed by atoms with Gasteiger partial charge in [-0.15, -0.1) is 0 Å². The zero-order valence-corrected chi connectivity index (χ0v) is 9.67. The lowest BCUT2D eigenvalue weighted by Crippen LogP contribution is -2.04. The van der Waals surface area contributed by atoms with Crippen molar-refractivity contribution in [2.45, 2.75) is 0 Å². The number of hydrogen-bond acceptors (Lipinski definition) is 3. The summed E-state index contributed by atoms with van der Waals surface area (Å²) in [5.74, 6) is 0.00127. The molecule has 0 aliphatic carbocycles. The molecule has 0 spiro atoms. The summed E-state index contributed by atoms with van der Waals surface area (Å²) in [5.41, 5.74) is 1.27. The second kappa shape index (κ2) is 5.19. The van der Waals surface area contributed by atoms with Crippen LogP contribution in [-0.2, 0) is 4.79 Å². The molecule has 0 unspecified atom stereocenters. The largest absolute Gasteiger partial charge is 0.507 e. The molecule has 0 heterocycles. The van der Waals surface area contributed by atoms with Crippen LogP contribution in [-0.4, -0.2) is 11.1 Å². The highest BCUT2D eigenvalue weighted by molar-refractivity contribution is 5.86. The number of hydrogen-bond donors (Lipinski definition) is 1. The molecule has 1 N–H and O–H groups in total. The van der Waals surface area contributed by atoms with E-state index in [-0.39, 0.29) is 5.75 Å². The van der Waals surface area contributed by atoms with E-state index in [0.717, 1.165) is 6.08 Å². The van der Waals surface area contributed by atoms with E-state index in [9.17, 15) is 9.90 Å². The van der Waals surface area contributed by atoms with E-state index in [1.54, 1.807) is 42.5 Å². The predicted octanol–water partition coefficient (Wildman–Crippen LogP) is 3.15. The van der Waals surface area contributed by atoms with Crippen LogP contribution < -0.4 is 4.74 Å². The number of benzene rings is 2. The standard InChI is InChI=1S/C15H12O3/c1-2-15(17)18-14-10-6-4-8-12(14)11-7-3-5-9-13(11)16/h2-10,16H,1H2. The minimum atomic E-state index is -0.530. The molecular weight excluding hydrogens is 228 g/mol. The summed E-state index contributed by atoms with van der Waals surface area (Å²) in [4.78, 5) is 11.2. The highest BCUT2D eigenvalue weighted by Gasteiger charge is 2.11. The fraction of sp³-hybridized carbons (Fsp3) is 0. The Morgan fingerprint density at radius 1 is 1.06 bits per heavy atom. The third-order valence-electron chi connectivity index (χ3n) is 2.46. The zero-order chi connectivity index (χ0) is 13.0. The number of phenols is 1. The molecule has 90 valence electrons. The number of para-hydroxylation sites is 2. The zero-order valence-electron chi connectivity index (χ0n) is 9.67. The van der Waals surface area contributed by atoms with Crippen molar-refractivity contribution in [1.82, 2.24) is 0 Å². The Hall–Kier alpha value is -2.55. The van der Waals surface area contributed by atoms with Crippen molar-refractivity contribution in [3.05, 3.63) is 61.2 Å². The van der Waals surface area contributed by atoms with Crippen LogP contribution in [0.3, 0.4) is 0 Å². The van der Waals surface area contributed by atoms with Crippen molar-refractivity contribution in [3.8, 4) is 22.6 Å². The van der Waals surface area contributed by atoms with Crippen molar-refractivity contribution in [1.29, 1.82) is 0 Å². The van der Waals surface area contributed by atoms with Crippen molar-refractivity contribution in [2.24, 2.45) is 0 Å². The fourth-order valence-electron chi connectivity index (χ4n) is 1.63. The van der Waals surface area contributed by atoms with Gasteiger partial charge >= 0.3 is 5.97 Å². The van der Waals surface area contributed by atoms with Crippen LogP contribution in [0.4, 0.5) is 0 Å². The summed E-state index contributed by atoms with van der Waals surface area (Å²) in [6, 6.07) is 13.9. The summed E-state index contributed by atoms with van der Waals surface area (Å²) in [5, 5.41) is 9.82. The number of carbonyl (C=O) groups excluding carboxylic acids is 1. The molecule has 0 radical (unpaired) electrons. The van der Waals surface area contributed by atoms with Crippen molar-refractivity contribution < 1.29 is 14.6 Å². The van der Waals surface area contributed by atoms with Crippen LogP contribution in [0.25, 0.3) is 11.1 Å². The smallest absolute Gasteiger partial charge is 0.335 e. The first-order valence-corrected chi connectivity index (χ1v) is 5.44. The van der Waals surface area contributed by atoms with Crippen LogP contribution in [0.1, 0.15) is 0 Å². The summed E-state index contributed by atoms with van der Waals surface area (Å²) in [6.07, 6.45) is 1.10. The van der Waals surface area contributed by atoms with Gasteiger partial charge in [0.25, 0.3) is 0 Å². The Kier molecular flexibility index (Phi) is 3.44. The van der Waals surface area contributed by atoms with Crippen molar-refractivity contribution >= 4 is 5.97 Å². The van der Waals surface area contributed by atoms with Crippen molar-refractivity contribution in [3.63, 3.8) is 0 Å². The van der Waals surface area contributed by atoms with Crippen LogP contribution in [0.15, 0.2) is 61.2 Å². The summed E-state index contributed by atoms with van der Waals surface area (Å²) < 4.78 is 5.14. The van der Waals surface area contributed by atoms with E-state index in [1.165, 1.54) is 0 Å². The van der Waals surface area contributed by atoms with E-state index < -0.39 is 5.97 Å². The van der Waals surface area contributed by atoms with Gasteiger partial charge in [0.15, 0.2) is 0 Å². The van der Waals surface area contributed by atoms with Gasteiger partial charge in [-0.2, -0.15) is 0 Å². The molecule has 0 aliphatic rings. The molecule has 3 heteroatoms. The fourth-order valence-corrected chi connectivity index (χ4v) is 1.63. The highest BCUT2D eigenvalue weighted by Crippen LogP contribution is 2.35. The second-order valence-electron chi connectivity index (χ2n) is 3.64. The third kappa shape index (κ3) is 2.40. The quantitative estimate of drug-likeness (QED) is 0.509. The number of esters is 1. The van der Waals surface area contributed by atoms with Crippen molar-refractivity contribution in [2.75, 3.05) is 0 Å². The SMILES string of the molecule is C=CC(=O)Oc1ccccc1-c1ccccc1O. The molecule has 2 rings (SSSR count). The van der Waals surface area contributed by atoms with Gasteiger partial charge in [-0.3, -0.25) is 0 Å². The average Bonchev–Trinajstić information content (AvgIpc) is 2.40. The molecule has 0 bridgehead atoms. The van der Waals surface area contributed by atoms with Gasteiger partial charge in [0.05, 0.1) is 0 Å². The maximum Gasteiger partial charge on any atom is 0.335 e. The Morgan fingerprint density at radius 2 is 1.67 bits per heavy atom. The van der Waals surface area contributed by atoms with E-state index >= 15 is 0 Å². The van der Waals surface area contributed by atoms with Crippen LogP contribution in [0.5, 0.6) is 11.5 Å². The van der Waals surface area contributed by atoms with Gasteiger partial charge in [0.2, 0.25) is 0 Å². The minimum absolute atomic E-state index is 0.139. The molecule has 0 atom stereocenters. The first-order valence-electron chi connectivity index (χ1n) is 5.44. The van der Waals surface area contributed by atoms with E-state index in [1.807, 2.05) is 6.07 Å². The third-order valence-corrected chi connectivity index (χ3v) is 2.46. The minimum Gasteiger partial charge on any atom is -0.507 e. The van der Waals surface area contributed by atoms with Gasteiger partial charge in [0.1, 0.15) is 11.5 Å². The number of ether oxygens (including phenoxy) is 1. The van der Waals surface area contributed by atoms with E-state index in [2.05, 4.69) is 6.58 Å². The molecule has 2 aromatic rings. The number of phenolic OH excluding ortho intramolecular Hbond substituents is 1. The normalized spacial score (nSPS) is 9.78. The molecule has 0 fully saturated rings. The Balaban J connectivity index is 2.48. The first kappa shape index (κ1) is 11.9. The molecule has 0 saturated carbocycles.